The van der Waals surface area contributed by atoms with Crippen LogP contribution in [0.1, 0.15) is 32.6 Å². The Kier molecular flexibility index (Phi) is 5.73. The van der Waals surface area contributed by atoms with Gasteiger partial charge in [0.15, 0.2) is 0 Å². The molecule has 0 spiro atoms. The number of hydrogen-bond acceptors (Lipinski definition) is 3. The summed E-state index contributed by atoms with van der Waals surface area (Å²) in [5, 5.41) is 3.04. The number of nitrogens with one attached hydrogen (secondary N) is 1. The number of hydrogen-bond donors (Lipinski definition) is 1. The molecule has 1 N–H and O–H groups in total. The van der Waals surface area contributed by atoms with Gasteiger partial charge in [-0.05, 0) is 46.9 Å². The standard InChI is InChI=1S/C27H27N3O2/c31-26-17-24-16-22(10-11-25(24)30(26)18-20-6-2-1-3-7-20)27(32)28-13-15-29-14-12-21-8-4-5-9-23(21)19-29/h1-11,16H,12-15,17-19H2,(H,28,32). The molecule has 0 radical (unpaired) electrons. The summed E-state index contributed by atoms with van der Waals surface area (Å²) in [6, 6.07) is 24.1. The Labute approximate surface area is 188 Å². The second-order valence-corrected chi connectivity index (χ2v) is 8.54. The van der Waals surface area contributed by atoms with Gasteiger partial charge in [-0.2, -0.15) is 0 Å². The van der Waals surface area contributed by atoms with Crippen LogP contribution >= 0.6 is 0 Å². The molecular weight excluding hydrogens is 398 g/mol. The van der Waals surface area contributed by atoms with Crippen LogP contribution in [0.3, 0.4) is 0 Å². The molecule has 2 aliphatic heterocycles. The minimum atomic E-state index is -0.0841. The quantitative estimate of drug-likeness (QED) is 0.657. The van der Waals surface area contributed by atoms with E-state index in [1.165, 1.54) is 11.1 Å². The summed E-state index contributed by atoms with van der Waals surface area (Å²) in [6.45, 7) is 3.94. The molecule has 0 saturated carbocycles. The minimum Gasteiger partial charge on any atom is -0.351 e. The van der Waals surface area contributed by atoms with Gasteiger partial charge in [-0.25, -0.2) is 0 Å². The zero-order valence-corrected chi connectivity index (χ0v) is 18.1. The van der Waals surface area contributed by atoms with E-state index in [-0.39, 0.29) is 11.8 Å². The molecule has 3 aromatic carbocycles. The molecule has 32 heavy (non-hydrogen) atoms. The van der Waals surface area contributed by atoms with Crippen LogP contribution in [0.2, 0.25) is 0 Å². The van der Waals surface area contributed by atoms with E-state index in [1.807, 2.05) is 48.5 Å². The van der Waals surface area contributed by atoms with E-state index in [9.17, 15) is 9.59 Å². The van der Waals surface area contributed by atoms with E-state index in [4.69, 9.17) is 0 Å². The number of nitrogens with zero attached hydrogens (tertiary/aromatic N) is 2. The van der Waals surface area contributed by atoms with Gasteiger partial charge in [0.1, 0.15) is 0 Å². The maximum Gasteiger partial charge on any atom is 0.251 e. The highest BCUT2D eigenvalue weighted by molar-refractivity contribution is 6.03. The SMILES string of the molecule is O=C(NCCN1CCc2ccccc2C1)c1ccc2c(c1)CC(=O)N2Cc1ccccc1. The van der Waals surface area contributed by atoms with Crippen molar-refractivity contribution in [2.75, 3.05) is 24.5 Å². The Morgan fingerprint density at radius 2 is 1.69 bits per heavy atom. The molecule has 0 bridgehead atoms. The summed E-state index contributed by atoms with van der Waals surface area (Å²) < 4.78 is 0. The maximum atomic E-state index is 12.7. The van der Waals surface area contributed by atoms with Gasteiger partial charge in [-0.3, -0.25) is 14.5 Å². The van der Waals surface area contributed by atoms with Crippen LogP contribution in [-0.4, -0.2) is 36.3 Å². The van der Waals surface area contributed by atoms with E-state index in [2.05, 4.69) is 34.5 Å². The summed E-state index contributed by atoms with van der Waals surface area (Å²) in [4.78, 5) is 29.5. The number of carbonyl (C=O) groups excluding carboxylic acids is 2. The summed E-state index contributed by atoms with van der Waals surface area (Å²) in [5.74, 6) is -0.00837. The van der Waals surface area contributed by atoms with Crippen LogP contribution in [0.15, 0.2) is 72.8 Å². The summed E-state index contributed by atoms with van der Waals surface area (Å²) in [5.41, 5.74) is 6.35. The van der Waals surface area contributed by atoms with Crippen LogP contribution in [0.5, 0.6) is 0 Å². The third-order valence-electron chi connectivity index (χ3n) is 6.38. The molecule has 0 unspecified atom stereocenters. The molecule has 0 saturated heterocycles. The Hall–Kier alpha value is -3.44. The largest absolute Gasteiger partial charge is 0.351 e. The number of amides is 2. The minimum absolute atomic E-state index is 0.0757. The Morgan fingerprint density at radius 1 is 0.906 bits per heavy atom. The van der Waals surface area contributed by atoms with E-state index in [0.717, 1.165) is 42.9 Å². The monoisotopic (exact) mass is 425 g/mol. The van der Waals surface area contributed by atoms with E-state index >= 15 is 0 Å². The van der Waals surface area contributed by atoms with Crippen molar-refractivity contribution in [1.82, 2.24) is 10.2 Å². The molecule has 2 amide bonds. The Bertz CT molecular complexity index is 1140. The summed E-state index contributed by atoms with van der Waals surface area (Å²) in [6.07, 6.45) is 1.40. The molecule has 5 nitrogen and oxygen atoms in total. The average Bonchev–Trinajstić information content (AvgIpc) is 3.13. The third kappa shape index (κ3) is 4.30. The fourth-order valence-electron chi connectivity index (χ4n) is 4.64. The normalized spacial score (nSPS) is 15.4. The van der Waals surface area contributed by atoms with Gasteiger partial charge in [-0.15, -0.1) is 0 Å². The van der Waals surface area contributed by atoms with Crippen LogP contribution < -0.4 is 10.2 Å². The lowest BCUT2D eigenvalue weighted by molar-refractivity contribution is -0.117. The van der Waals surface area contributed by atoms with Crippen LogP contribution in [-0.2, 0) is 30.7 Å². The second kappa shape index (κ2) is 8.97. The second-order valence-electron chi connectivity index (χ2n) is 8.54. The lowest BCUT2D eigenvalue weighted by Crippen LogP contribution is -2.37. The third-order valence-corrected chi connectivity index (χ3v) is 6.38. The van der Waals surface area contributed by atoms with E-state index in [1.54, 1.807) is 4.90 Å². The van der Waals surface area contributed by atoms with Gasteiger partial charge < -0.3 is 10.2 Å². The molecule has 162 valence electrons. The molecule has 5 rings (SSSR count). The number of anilines is 1. The number of benzene rings is 3. The molecule has 0 aromatic heterocycles. The topological polar surface area (TPSA) is 52.7 Å². The molecule has 0 atom stereocenters. The molecule has 5 heteroatoms. The van der Waals surface area contributed by atoms with Gasteiger partial charge in [0.2, 0.25) is 5.91 Å². The molecule has 2 heterocycles. The molecular formula is C27H27N3O2. The molecule has 2 aliphatic rings. The molecule has 3 aromatic rings. The summed E-state index contributed by atoms with van der Waals surface area (Å²) >= 11 is 0. The van der Waals surface area contributed by atoms with Gasteiger partial charge in [0, 0.05) is 37.4 Å². The average molecular weight is 426 g/mol. The van der Waals surface area contributed by atoms with E-state index < -0.39 is 0 Å². The molecule has 0 aliphatic carbocycles. The first kappa shape index (κ1) is 20.5. The van der Waals surface area contributed by atoms with Crippen LogP contribution in [0.4, 0.5) is 5.69 Å². The lowest BCUT2D eigenvalue weighted by Gasteiger charge is -2.28. The first-order valence-electron chi connectivity index (χ1n) is 11.2. The molecule has 0 fully saturated rings. The van der Waals surface area contributed by atoms with Gasteiger partial charge in [0.25, 0.3) is 5.91 Å². The highest BCUT2D eigenvalue weighted by Crippen LogP contribution is 2.31. The summed E-state index contributed by atoms with van der Waals surface area (Å²) in [7, 11) is 0. The first-order chi connectivity index (χ1) is 15.7. The zero-order valence-electron chi connectivity index (χ0n) is 18.1. The van der Waals surface area contributed by atoms with Crippen molar-refractivity contribution >= 4 is 17.5 Å². The smallest absolute Gasteiger partial charge is 0.251 e. The zero-order chi connectivity index (χ0) is 21.9. The van der Waals surface area contributed by atoms with Crippen molar-refractivity contribution in [2.45, 2.75) is 25.9 Å². The highest BCUT2D eigenvalue weighted by Gasteiger charge is 2.28. The van der Waals surface area contributed by atoms with Crippen molar-refractivity contribution in [3.05, 3.63) is 101 Å². The van der Waals surface area contributed by atoms with Crippen molar-refractivity contribution < 1.29 is 9.59 Å². The van der Waals surface area contributed by atoms with Crippen LogP contribution in [0.25, 0.3) is 0 Å². The van der Waals surface area contributed by atoms with Gasteiger partial charge in [0.05, 0.1) is 13.0 Å². The van der Waals surface area contributed by atoms with Crippen molar-refractivity contribution in [3.8, 4) is 0 Å². The maximum absolute atomic E-state index is 12.7. The Balaban J connectivity index is 1.18. The fraction of sp³-hybridized carbons (Fsp3) is 0.259. The van der Waals surface area contributed by atoms with E-state index in [0.29, 0.717) is 25.1 Å². The number of fused-ring (bicyclic) bond motifs is 2. The highest BCUT2D eigenvalue weighted by atomic mass is 16.2. The van der Waals surface area contributed by atoms with Crippen LogP contribution in [0, 0.1) is 0 Å². The van der Waals surface area contributed by atoms with Gasteiger partial charge in [-0.1, -0.05) is 54.6 Å². The van der Waals surface area contributed by atoms with Crippen molar-refractivity contribution in [2.24, 2.45) is 0 Å². The number of carbonyl (C=O) groups is 2. The predicted molar refractivity (Wildman–Crippen MR) is 126 cm³/mol. The van der Waals surface area contributed by atoms with Gasteiger partial charge >= 0.3 is 0 Å². The van der Waals surface area contributed by atoms with Crippen molar-refractivity contribution in [1.29, 1.82) is 0 Å². The predicted octanol–water partition coefficient (Wildman–Crippen LogP) is 3.56. The van der Waals surface area contributed by atoms with Crippen molar-refractivity contribution in [3.63, 3.8) is 0 Å². The first-order valence-corrected chi connectivity index (χ1v) is 11.2. The lowest BCUT2D eigenvalue weighted by atomic mass is 10.00. The fourth-order valence-corrected chi connectivity index (χ4v) is 4.64. The Morgan fingerprint density at radius 3 is 2.53 bits per heavy atom. The number of rotatable bonds is 6.